The van der Waals surface area contributed by atoms with Crippen molar-refractivity contribution in [2.24, 2.45) is 0 Å². The molecule has 17 heavy (non-hydrogen) atoms. The van der Waals surface area contributed by atoms with Gasteiger partial charge in [0.25, 0.3) is 0 Å². The molecule has 0 amide bonds. The van der Waals surface area contributed by atoms with Crippen molar-refractivity contribution in [3.05, 3.63) is 68.9 Å². The fourth-order valence-electron chi connectivity index (χ4n) is 1.52. The molecule has 2 rings (SSSR count). The van der Waals surface area contributed by atoms with E-state index in [1.54, 1.807) is 18.2 Å². The number of benzene rings is 2. The zero-order valence-electron chi connectivity index (χ0n) is 8.70. The van der Waals surface area contributed by atoms with Crippen LogP contribution in [0.15, 0.2) is 46.9 Å². The third-order valence-corrected chi connectivity index (χ3v) is 3.28. The summed E-state index contributed by atoms with van der Waals surface area (Å²) in [7, 11) is 0. The molecule has 1 atom stereocenters. The maximum Gasteiger partial charge on any atom is 0.142 e. The van der Waals surface area contributed by atoms with Gasteiger partial charge in [-0.1, -0.05) is 45.7 Å². The van der Waals surface area contributed by atoms with Gasteiger partial charge in [0.05, 0.1) is 5.02 Å². The molecule has 1 N–H and O–H groups in total. The summed E-state index contributed by atoms with van der Waals surface area (Å²) in [6.45, 7) is 0. The van der Waals surface area contributed by atoms with Crippen molar-refractivity contribution in [2.75, 3.05) is 0 Å². The first kappa shape index (κ1) is 12.6. The van der Waals surface area contributed by atoms with Crippen molar-refractivity contribution < 1.29 is 9.50 Å². The Morgan fingerprint density at radius 2 is 1.65 bits per heavy atom. The van der Waals surface area contributed by atoms with Crippen LogP contribution in [0, 0.1) is 5.82 Å². The Morgan fingerprint density at radius 3 is 2.24 bits per heavy atom. The van der Waals surface area contributed by atoms with Crippen LogP contribution in [0.5, 0.6) is 0 Å². The fraction of sp³-hybridized carbons (Fsp3) is 0.0769. The predicted octanol–water partition coefficient (Wildman–Crippen LogP) is 4.32. The van der Waals surface area contributed by atoms with Crippen LogP contribution >= 0.6 is 27.5 Å². The highest BCUT2D eigenvalue weighted by molar-refractivity contribution is 9.10. The highest BCUT2D eigenvalue weighted by Gasteiger charge is 2.12. The second-order valence-electron chi connectivity index (χ2n) is 3.63. The van der Waals surface area contributed by atoms with Gasteiger partial charge in [-0.05, 0) is 35.4 Å². The summed E-state index contributed by atoms with van der Waals surface area (Å²) in [6, 6.07) is 11.5. The molecule has 2 aromatic rings. The average molecular weight is 316 g/mol. The van der Waals surface area contributed by atoms with Crippen molar-refractivity contribution >= 4 is 27.5 Å². The summed E-state index contributed by atoms with van der Waals surface area (Å²) < 4.78 is 14.2. The smallest absolute Gasteiger partial charge is 0.142 e. The topological polar surface area (TPSA) is 20.2 Å². The number of rotatable bonds is 2. The Balaban J connectivity index is 2.33. The Kier molecular flexibility index (Phi) is 3.82. The monoisotopic (exact) mass is 314 g/mol. The molecular weight excluding hydrogens is 306 g/mol. The summed E-state index contributed by atoms with van der Waals surface area (Å²) >= 11 is 8.90. The van der Waals surface area contributed by atoms with E-state index in [4.69, 9.17) is 11.6 Å². The zero-order chi connectivity index (χ0) is 12.4. The largest absolute Gasteiger partial charge is 0.384 e. The summed E-state index contributed by atoms with van der Waals surface area (Å²) in [5.41, 5.74) is 1.18. The molecule has 0 saturated heterocycles. The molecule has 0 radical (unpaired) electrons. The SMILES string of the molecule is O[C@@H](c1ccc(Br)cc1)c1ccc(Cl)c(F)c1. The Bertz CT molecular complexity index is 527. The quantitative estimate of drug-likeness (QED) is 0.875. The van der Waals surface area contributed by atoms with Gasteiger partial charge in [0.2, 0.25) is 0 Å². The molecule has 0 aliphatic heterocycles. The van der Waals surface area contributed by atoms with Crippen LogP contribution in [0.2, 0.25) is 5.02 Å². The Hall–Kier alpha value is -0.900. The van der Waals surface area contributed by atoms with E-state index < -0.39 is 11.9 Å². The number of hydrogen-bond acceptors (Lipinski definition) is 1. The van der Waals surface area contributed by atoms with Gasteiger partial charge in [-0.3, -0.25) is 0 Å². The van der Waals surface area contributed by atoms with Crippen molar-refractivity contribution in [2.45, 2.75) is 6.10 Å². The fourth-order valence-corrected chi connectivity index (χ4v) is 1.90. The van der Waals surface area contributed by atoms with E-state index in [0.29, 0.717) is 11.1 Å². The molecule has 88 valence electrons. The van der Waals surface area contributed by atoms with Gasteiger partial charge in [0.1, 0.15) is 11.9 Å². The molecule has 0 aliphatic carbocycles. The van der Waals surface area contributed by atoms with Gasteiger partial charge < -0.3 is 5.11 Å². The lowest BCUT2D eigenvalue weighted by Gasteiger charge is -2.12. The molecule has 0 spiro atoms. The molecule has 0 aromatic heterocycles. The molecule has 0 bridgehead atoms. The predicted molar refractivity (Wildman–Crippen MR) is 69.6 cm³/mol. The molecule has 0 unspecified atom stereocenters. The zero-order valence-corrected chi connectivity index (χ0v) is 11.0. The summed E-state index contributed by atoms with van der Waals surface area (Å²) in [5.74, 6) is -0.527. The van der Waals surface area contributed by atoms with Crippen LogP contribution in [-0.4, -0.2) is 5.11 Å². The van der Waals surface area contributed by atoms with Gasteiger partial charge >= 0.3 is 0 Å². The second-order valence-corrected chi connectivity index (χ2v) is 4.95. The number of hydrogen-bond donors (Lipinski definition) is 1. The first-order chi connectivity index (χ1) is 8.08. The summed E-state index contributed by atoms with van der Waals surface area (Å²) in [5, 5.41) is 10.1. The van der Waals surface area contributed by atoms with Crippen LogP contribution < -0.4 is 0 Å². The second kappa shape index (κ2) is 5.17. The highest BCUT2D eigenvalue weighted by Crippen LogP contribution is 2.26. The lowest BCUT2D eigenvalue weighted by molar-refractivity contribution is 0.220. The van der Waals surface area contributed by atoms with Crippen molar-refractivity contribution in [3.8, 4) is 0 Å². The Labute approximate surface area is 112 Å². The minimum atomic E-state index is -0.852. The average Bonchev–Trinajstić information content (AvgIpc) is 2.33. The van der Waals surface area contributed by atoms with Gasteiger partial charge in [0.15, 0.2) is 0 Å². The molecule has 4 heteroatoms. The van der Waals surface area contributed by atoms with Gasteiger partial charge in [-0.2, -0.15) is 0 Å². The number of aliphatic hydroxyl groups excluding tert-OH is 1. The normalized spacial score (nSPS) is 12.5. The van der Waals surface area contributed by atoms with E-state index in [1.807, 2.05) is 12.1 Å². The lowest BCUT2D eigenvalue weighted by Crippen LogP contribution is -2.00. The van der Waals surface area contributed by atoms with E-state index in [9.17, 15) is 9.50 Å². The third kappa shape index (κ3) is 2.86. The molecule has 1 nitrogen and oxygen atoms in total. The summed E-state index contributed by atoms with van der Waals surface area (Å²) in [6.07, 6.45) is -0.852. The lowest BCUT2D eigenvalue weighted by atomic mass is 10.0. The first-order valence-electron chi connectivity index (χ1n) is 4.96. The maximum absolute atomic E-state index is 13.3. The molecule has 0 saturated carbocycles. The van der Waals surface area contributed by atoms with Gasteiger partial charge in [-0.25, -0.2) is 4.39 Å². The van der Waals surface area contributed by atoms with Crippen LogP contribution in [0.3, 0.4) is 0 Å². The minimum Gasteiger partial charge on any atom is -0.384 e. The minimum absolute atomic E-state index is 0.0526. The van der Waals surface area contributed by atoms with Crippen molar-refractivity contribution in [1.82, 2.24) is 0 Å². The molecule has 0 fully saturated rings. The molecule has 0 aliphatic rings. The summed E-state index contributed by atoms with van der Waals surface area (Å²) in [4.78, 5) is 0. The Morgan fingerprint density at radius 1 is 1.06 bits per heavy atom. The third-order valence-electron chi connectivity index (χ3n) is 2.45. The van der Waals surface area contributed by atoms with Gasteiger partial charge in [0, 0.05) is 4.47 Å². The highest BCUT2D eigenvalue weighted by atomic mass is 79.9. The number of halogens is 3. The number of aliphatic hydroxyl groups is 1. The molecule has 0 heterocycles. The molecular formula is C13H9BrClFO. The van der Waals surface area contributed by atoms with Crippen molar-refractivity contribution in [1.29, 1.82) is 0 Å². The van der Waals surface area contributed by atoms with E-state index in [-0.39, 0.29) is 5.02 Å². The maximum atomic E-state index is 13.3. The van der Waals surface area contributed by atoms with E-state index in [0.717, 1.165) is 4.47 Å². The van der Waals surface area contributed by atoms with E-state index >= 15 is 0 Å². The van der Waals surface area contributed by atoms with E-state index in [2.05, 4.69) is 15.9 Å². The van der Waals surface area contributed by atoms with Crippen LogP contribution in [0.4, 0.5) is 4.39 Å². The van der Waals surface area contributed by atoms with E-state index in [1.165, 1.54) is 12.1 Å². The molecule has 2 aromatic carbocycles. The standard InChI is InChI=1S/C13H9BrClFO/c14-10-4-1-8(2-5-10)13(17)9-3-6-11(15)12(16)7-9/h1-7,13,17H/t13-/m0/s1. The van der Waals surface area contributed by atoms with Crippen LogP contribution in [0.1, 0.15) is 17.2 Å². The van der Waals surface area contributed by atoms with Crippen LogP contribution in [0.25, 0.3) is 0 Å². The van der Waals surface area contributed by atoms with Gasteiger partial charge in [-0.15, -0.1) is 0 Å². The van der Waals surface area contributed by atoms with Crippen LogP contribution in [-0.2, 0) is 0 Å². The van der Waals surface area contributed by atoms with Crippen molar-refractivity contribution in [3.63, 3.8) is 0 Å². The first-order valence-corrected chi connectivity index (χ1v) is 6.13.